The number of benzene rings is 1. The standard InChI is InChI=1S/C25H39NO3/c1-8-29-25(28)23-11-9-10-12-26(23)24(27)15-22-20(17(4)5)13-19(16(2)3)14-21(22)18(6)7/h13-14,16-18,23H,8-12,15H2,1-7H3. The number of esters is 1. The van der Waals surface area contributed by atoms with E-state index in [1.54, 1.807) is 4.90 Å². The summed E-state index contributed by atoms with van der Waals surface area (Å²) in [4.78, 5) is 27.6. The number of ether oxygens (including phenoxy) is 1. The number of carbonyl (C=O) groups excluding carboxylic acids is 2. The molecule has 0 radical (unpaired) electrons. The molecule has 0 spiro atoms. The van der Waals surface area contributed by atoms with Crippen molar-refractivity contribution in [1.82, 2.24) is 4.90 Å². The predicted octanol–water partition coefficient (Wildman–Crippen LogP) is 5.54. The van der Waals surface area contributed by atoms with E-state index in [0.717, 1.165) is 18.4 Å². The molecule has 1 aliphatic heterocycles. The maximum absolute atomic E-state index is 13.4. The van der Waals surface area contributed by atoms with E-state index in [1.807, 2.05) is 6.92 Å². The second-order valence-electron chi connectivity index (χ2n) is 9.17. The van der Waals surface area contributed by atoms with Gasteiger partial charge in [0.2, 0.25) is 5.91 Å². The first-order valence-corrected chi connectivity index (χ1v) is 11.3. The monoisotopic (exact) mass is 401 g/mol. The molecule has 1 aromatic rings. The summed E-state index contributed by atoms with van der Waals surface area (Å²) in [5.41, 5.74) is 5.00. The van der Waals surface area contributed by atoms with Crippen molar-refractivity contribution in [3.05, 3.63) is 34.4 Å². The Balaban J connectivity index is 2.40. The zero-order valence-electron chi connectivity index (χ0n) is 19.4. The van der Waals surface area contributed by atoms with Crippen molar-refractivity contribution in [1.29, 1.82) is 0 Å². The molecule has 1 saturated heterocycles. The summed E-state index contributed by atoms with van der Waals surface area (Å²) in [6, 6.07) is 4.13. The van der Waals surface area contributed by atoms with Crippen LogP contribution in [0.4, 0.5) is 0 Å². The molecule has 0 N–H and O–H groups in total. The minimum Gasteiger partial charge on any atom is -0.464 e. The van der Waals surface area contributed by atoms with Crippen LogP contribution in [0.15, 0.2) is 12.1 Å². The minimum atomic E-state index is -0.434. The van der Waals surface area contributed by atoms with Crippen molar-refractivity contribution in [3.63, 3.8) is 0 Å². The van der Waals surface area contributed by atoms with Crippen molar-refractivity contribution in [2.75, 3.05) is 13.2 Å². The highest BCUT2D eigenvalue weighted by Crippen LogP contribution is 2.33. The van der Waals surface area contributed by atoms with Crippen LogP contribution in [-0.4, -0.2) is 36.0 Å². The van der Waals surface area contributed by atoms with Crippen molar-refractivity contribution >= 4 is 11.9 Å². The van der Waals surface area contributed by atoms with Crippen LogP contribution >= 0.6 is 0 Å². The van der Waals surface area contributed by atoms with E-state index in [9.17, 15) is 9.59 Å². The van der Waals surface area contributed by atoms with Crippen LogP contribution in [0.5, 0.6) is 0 Å². The number of hydrogen-bond donors (Lipinski definition) is 0. The number of amides is 1. The average molecular weight is 402 g/mol. The molecule has 0 bridgehead atoms. The minimum absolute atomic E-state index is 0.0452. The van der Waals surface area contributed by atoms with Gasteiger partial charge in [0, 0.05) is 6.54 Å². The van der Waals surface area contributed by atoms with Gasteiger partial charge in [-0.05, 0) is 66.2 Å². The van der Waals surface area contributed by atoms with Crippen molar-refractivity contribution in [2.45, 2.75) is 97.9 Å². The van der Waals surface area contributed by atoms with Gasteiger partial charge in [-0.25, -0.2) is 4.79 Å². The Kier molecular flexibility index (Phi) is 8.30. The fourth-order valence-corrected chi connectivity index (χ4v) is 4.28. The third kappa shape index (κ3) is 5.61. The summed E-state index contributed by atoms with van der Waals surface area (Å²) in [5.74, 6) is 0.921. The summed E-state index contributed by atoms with van der Waals surface area (Å²) in [6.07, 6.45) is 2.97. The fraction of sp³-hybridized carbons (Fsp3) is 0.680. The summed E-state index contributed by atoms with van der Waals surface area (Å²) in [6.45, 7) is 16.0. The molecule has 1 fully saturated rings. The third-order valence-electron chi connectivity index (χ3n) is 5.96. The Labute approximate surface area is 177 Å². The maximum Gasteiger partial charge on any atom is 0.328 e. The second kappa shape index (κ2) is 10.3. The summed E-state index contributed by atoms with van der Waals surface area (Å²) >= 11 is 0. The fourth-order valence-electron chi connectivity index (χ4n) is 4.28. The first-order chi connectivity index (χ1) is 13.7. The molecular weight excluding hydrogens is 362 g/mol. The molecule has 0 saturated carbocycles. The van der Waals surface area contributed by atoms with E-state index in [2.05, 4.69) is 53.7 Å². The number of nitrogens with zero attached hydrogens (tertiary/aromatic N) is 1. The summed E-state index contributed by atoms with van der Waals surface area (Å²) in [5, 5.41) is 0. The van der Waals surface area contributed by atoms with E-state index in [1.165, 1.54) is 16.7 Å². The van der Waals surface area contributed by atoms with Gasteiger partial charge in [-0.1, -0.05) is 53.7 Å². The molecule has 4 nitrogen and oxygen atoms in total. The normalized spacial score (nSPS) is 17.3. The second-order valence-corrected chi connectivity index (χ2v) is 9.17. The zero-order valence-corrected chi connectivity index (χ0v) is 19.4. The van der Waals surface area contributed by atoms with Gasteiger partial charge in [0.05, 0.1) is 13.0 Å². The van der Waals surface area contributed by atoms with Gasteiger partial charge in [0.25, 0.3) is 0 Å². The molecule has 1 aliphatic rings. The van der Waals surface area contributed by atoms with E-state index >= 15 is 0 Å². The van der Waals surface area contributed by atoms with Gasteiger partial charge in [0.1, 0.15) is 6.04 Å². The first-order valence-electron chi connectivity index (χ1n) is 11.3. The Morgan fingerprint density at radius 1 is 1.00 bits per heavy atom. The van der Waals surface area contributed by atoms with E-state index in [4.69, 9.17) is 4.74 Å². The molecule has 1 unspecified atom stereocenters. The molecule has 1 aromatic carbocycles. The molecular formula is C25H39NO3. The van der Waals surface area contributed by atoms with Gasteiger partial charge < -0.3 is 9.64 Å². The lowest BCUT2D eigenvalue weighted by molar-refractivity contribution is -0.156. The number of likely N-dealkylation sites (tertiary alicyclic amines) is 1. The van der Waals surface area contributed by atoms with Crippen LogP contribution in [-0.2, 0) is 20.7 Å². The van der Waals surface area contributed by atoms with Crippen LogP contribution in [0.2, 0.25) is 0 Å². The van der Waals surface area contributed by atoms with Gasteiger partial charge in [-0.15, -0.1) is 0 Å². The predicted molar refractivity (Wildman–Crippen MR) is 118 cm³/mol. The highest BCUT2D eigenvalue weighted by Gasteiger charge is 2.33. The zero-order chi connectivity index (χ0) is 21.7. The lowest BCUT2D eigenvalue weighted by Gasteiger charge is -2.34. The quantitative estimate of drug-likeness (QED) is 0.563. The Bertz CT molecular complexity index is 692. The third-order valence-corrected chi connectivity index (χ3v) is 5.96. The number of hydrogen-bond acceptors (Lipinski definition) is 3. The van der Waals surface area contributed by atoms with Crippen molar-refractivity contribution in [3.8, 4) is 0 Å². The van der Waals surface area contributed by atoms with Gasteiger partial charge in [-0.2, -0.15) is 0 Å². The van der Waals surface area contributed by atoms with E-state index in [-0.39, 0.29) is 11.9 Å². The number of piperidine rings is 1. The molecule has 0 aromatic heterocycles. The molecule has 2 rings (SSSR count). The highest BCUT2D eigenvalue weighted by atomic mass is 16.5. The SMILES string of the molecule is CCOC(=O)C1CCCCN1C(=O)Cc1c(C(C)C)cc(C(C)C)cc1C(C)C. The Morgan fingerprint density at radius 2 is 1.59 bits per heavy atom. The Hall–Kier alpha value is -1.84. The van der Waals surface area contributed by atoms with Crippen LogP contribution in [0.25, 0.3) is 0 Å². The van der Waals surface area contributed by atoms with Crippen LogP contribution in [0.1, 0.15) is 108 Å². The average Bonchev–Trinajstić information content (AvgIpc) is 2.67. The highest BCUT2D eigenvalue weighted by molar-refractivity contribution is 5.86. The molecule has 1 amide bonds. The first kappa shape index (κ1) is 23.4. The molecule has 1 heterocycles. The lowest BCUT2D eigenvalue weighted by Crippen LogP contribution is -2.49. The maximum atomic E-state index is 13.4. The smallest absolute Gasteiger partial charge is 0.328 e. The molecule has 29 heavy (non-hydrogen) atoms. The Morgan fingerprint density at radius 3 is 2.07 bits per heavy atom. The van der Waals surface area contributed by atoms with Gasteiger partial charge in [0.15, 0.2) is 0 Å². The lowest BCUT2D eigenvalue weighted by atomic mass is 9.83. The van der Waals surface area contributed by atoms with Crippen LogP contribution in [0.3, 0.4) is 0 Å². The molecule has 4 heteroatoms. The number of carbonyl (C=O) groups is 2. The van der Waals surface area contributed by atoms with Crippen LogP contribution < -0.4 is 0 Å². The topological polar surface area (TPSA) is 46.6 Å². The summed E-state index contributed by atoms with van der Waals surface area (Å²) < 4.78 is 5.25. The van der Waals surface area contributed by atoms with Crippen molar-refractivity contribution in [2.24, 2.45) is 0 Å². The van der Waals surface area contributed by atoms with Gasteiger partial charge >= 0.3 is 5.97 Å². The van der Waals surface area contributed by atoms with Crippen LogP contribution in [0, 0.1) is 0 Å². The largest absolute Gasteiger partial charge is 0.464 e. The van der Waals surface area contributed by atoms with Gasteiger partial charge in [-0.3, -0.25) is 4.79 Å². The van der Waals surface area contributed by atoms with E-state index in [0.29, 0.717) is 43.7 Å². The number of rotatable bonds is 7. The summed E-state index contributed by atoms with van der Waals surface area (Å²) in [7, 11) is 0. The van der Waals surface area contributed by atoms with Crippen molar-refractivity contribution < 1.29 is 14.3 Å². The molecule has 0 aliphatic carbocycles. The molecule has 162 valence electrons. The molecule has 1 atom stereocenters. The van der Waals surface area contributed by atoms with E-state index < -0.39 is 6.04 Å².